The van der Waals surface area contributed by atoms with Gasteiger partial charge >= 0.3 is 0 Å². The third-order valence-corrected chi connectivity index (χ3v) is 3.91. The molecule has 0 saturated carbocycles. The second kappa shape index (κ2) is 6.83. The van der Waals surface area contributed by atoms with E-state index in [0.717, 1.165) is 17.5 Å². The van der Waals surface area contributed by atoms with Crippen LogP contribution in [-0.4, -0.2) is 31.6 Å². The number of anilines is 1. The molecule has 0 radical (unpaired) electrons. The highest BCUT2D eigenvalue weighted by molar-refractivity contribution is 7.99. The van der Waals surface area contributed by atoms with Crippen LogP contribution in [0, 0.1) is 12.7 Å². The molecule has 24 heavy (non-hydrogen) atoms. The van der Waals surface area contributed by atoms with Crippen LogP contribution >= 0.6 is 11.8 Å². The minimum absolute atomic E-state index is 0.120. The largest absolute Gasteiger partial charge is 0.411 e. The third kappa shape index (κ3) is 3.80. The van der Waals surface area contributed by atoms with Gasteiger partial charge in [-0.25, -0.2) is 4.39 Å². The van der Waals surface area contributed by atoms with Crippen LogP contribution in [0.2, 0.25) is 0 Å². The van der Waals surface area contributed by atoms with Crippen molar-refractivity contribution in [3.63, 3.8) is 0 Å². The van der Waals surface area contributed by atoms with Crippen LogP contribution in [0.15, 0.2) is 40.0 Å². The highest BCUT2D eigenvalue weighted by Gasteiger charge is 2.12. The van der Waals surface area contributed by atoms with Crippen LogP contribution < -0.4 is 5.32 Å². The van der Waals surface area contributed by atoms with Gasteiger partial charge in [0.25, 0.3) is 5.22 Å². The van der Waals surface area contributed by atoms with Crippen LogP contribution in [0.25, 0.3) is 11.5 Å². The van der Waals surface area contributed by atoms with Crippen molar-refractivity contribution in [2.75, 3.05) is 11.1 Å². The van der Waals surface area contributed by atoms with Crippen LogP contribution in [-0.2, 0) is 11.8 Å². The molecular weight excluding hydrogens is 333 g/mol. The summed E-state index contributed by atoms with van der Waals surface area (Å²) in [5.41, 5.74) is 1.44. The number of rotatable bonds is 5. The van der Waals surface area contributed by atoms with E-state index >= 15 is 0 Å². The molecule has 0 unspecified atom stereocenters. The van der Waals surface area contributed by atoms with Crippen molar-refractivity contribution < 1.29 is 13.6 Å². The van der Waals surface area contributed by atoms with Crippen LogP contribution in [0.3, 0.4) is 0 Å². The Bertz CT molecular complexity index is 859. The van der Waals surface area contributed by atoms with E-state index in [4.69, 9.17) is 4.42 Å². The monoisotopic (exact) mass is 347 g/mol. The topological polar surface area (TPSA) is 85.8 Å². The van der Waals surface area contributed by atoms with Crippen LogP contribution in [0.5, 0.6) is 0 Å². The molecule has 0 aliphatic carbocycles. The maximum atomic E-state index is 12.9. The van der Waals surface area contributed by atoms with Gasteiger partial charge in [-0.1, -0.05) is 11.8 Å². The maximum Gasteiger partial charge on any atom is 0.277 e. The van der Waals surface area contributed by atoms with Gasteiger partial charge in [-0.05, 0) is 31.2 Å². The zero-order valence-electron chi connectivity index (χ0n) is 13.0. The van der Waals surface area contributed by atoms with E-state index in [-0.39, 0.29) is 28.6 Å². The summed E-state index contributed by atoms with van der Waals surface area (Å²) in [7, 11) is 1.75. The number of aryl methyl sites for hydroxylation is 2. The van der Waals surface area contributed by atoms with Gasteiger partial charge in [-0.15, -0.1) is 10.2 Å². The third-order valence-electron chi connectivity index (χ3n) is 3.09. The number of nitrogens with zero attached hydrogens (tertiary/aromatic N) is 4. The summed E-state index contributed by atoms with van der Waals surface area (Å²) in [6.45, 7) is 1.85. The lowest BCUT2D eigenvalue weighted by Crippen LogP contribution is -2.16. The molecule has 0 aliphatic rings. The number of nitrogens with one attached hydrogen (secondary N) is 1. The number of carbonyl (C=O) groups excluding carboxylic acids is 1. The van der Waals surface area contributed by atoms with Gasteiger partial charge in [0.05, 0.1) is 11.4 Å². The average Bonchev–Trinajstić information content (AvgIpc) is 3.13. The molecule has 124 valence electrons. The lowest BCUT2D eigenvalue weighted by Gasteiger charge is -2.03. The van der Waals surface area contributed by atoms with E-state index in [9.17, 15) is 9.18 Å². The Morgan fingerprint density at radius 3 is 2.75 bits per heavy atom. The fourth-order valence-corrected chi connectivity index (χ4v) is 2.57. The van der Waals surface area contributed by atoms with E-state index in [1.54, 1.807) is 29.9 Å². The summed E-state index contributed by atoms with van der Waals surface area (Å²) in [6, 6.07) is 7.51. The first-order chi connectivity index (χ1) is 11.5. The summed E-state index contributed by atoms with van der Waals surface area (Å²) >= 11 is 1.12. The number of hydrogen-bond acceptors (Lipinski definition) is 6. The molecule has 0 bridgehead atoms. The average molecular weight is 347 g/mol. The molecule has 7 nitrogen and oxygen atoms in total. The zero-order chi connectivity index (χ0) is 17.1. The number of benzene rings is 1. The van der Waals surface area contributed by atoms with Gasteiger partial charge in [0.15, 0.2) is 0 Å². The molecule has 2 aromatic heterocycles. The number of thioether (sulfide) groups is 1. The first kappa shape index (κ1) is 16.2. The molecule has 0 aliphatic heterocycles. The number of hydrogen-bond donors (Lipinski definition) is 1. The van der Waals surface area contributed by atoms with Gasteiger partial charge < -0.3 is 9.73 Å². The van der Waals surface area contributed by atoms with E-state index in [2.05, 4.69) is 20.6 Å². The van der Waals surface area contributed by atoms with E-state index in [1.807, 2.05) is 6.92 Å². The Hall–Kier alpha value is -2.68. The Morgan fingerprint density at radius 1 is 1.33 bits per heavy atom. The molecule has 0 atom stereocenters. The normalized spacial score (nSPS) is 10.8. The van der Waals surface area contributed by atoms with Crippen molar-refractivity contribution in [3.05, 3.63) is 41.8 Å². The lowest BCUT2D eigenvalue weighted by molar-refractivity contribution is -0.113. The van der Waals surface area contributed by atoms with E-state index in [1.165, 1.54) is 12.1 Å². The molecule has 0 saturated heterocycles. The standard InChI is InChI=1S/C15H14FN5O2S/c1-9-7-12(21(2)20-9)17-13(22)8-24-15-19-18-14(23-15)10-3-5-11(16)6-4-10/h3-7H,8H2,1-2H3,(H,17,22). The lowest BCUT2D eigenvalue weighted by atomic mass is 10.2. The molecule has 0 spiro atoms. The predicted octanol–water partition coefficient (Wildman–Crippen LogP) is 2.65. The van der Waals surface area contributed by atoms with Crippen LogP contribution in [0.1, 0.15) is 5.69 Å². The molecule has 0 fully saturated rings. The number of halogens is 1. The second-order valence-electron chi connectivity index (χ2n) is 5.01. The van der Waals surface area contributed by atoms with Crippen molar-refractivity contribution in [1.82, 2.24) is 20.0 Å². The second-order valence-corrected chi connectivity index (χ2v) is 5.94. The highest BCUT2D eigenvalue weighted by Crippen LogP contribution is 2.23. The minimum atomic E-state index is -0.338. The van der Waals surface area contributed by atoms with Crippen molar-refractivity contribution in [2.45, 2.75) is 12.1 Å². The van der Waals surface area contributed by atoms with Crippen LogP contribution in [0.4, 0.5) is 10.2 Å². The van der Waals surface area contributed by atoms with Crippen molar-refractivity contribution in [1.29, 1.82) is 0 Å². The van der Waals surface area contributed by atoms with Gasteiger partial charge in [0.1, 0.15) is 11.6 Å². The Morgan fingerprint density at radius 2 is 2.08 bits per heavy atom. The number of aromatic nitrogens is 4. The summed E-state index contributed by atoms with van der Waals surface area (Å²) in [5, 5.41) is 14.9. The summed E-state index contributed by atoms with van der Waals surface area (Å²) in [6.07, 6.45) is 0. The SMILES string of the molecule is Cc1cc(NC(=O)CSc2nnc(-c3ccc(F)cc3)o2)n(C)n1. The first-order valence-electron chi connectivity index (χ1n) is 7.04. The zero-order valence-corrected chi connectivity index (χ0v) is 13.8. The van der Waals surface area contributed by atoms with Gasteiger partial charge in [-0.3, -0.25) is 9.48 Å². The Balaban J connectivity index is 1.58. The summed E-state index contributed by atoms with van der Waals surface area (Å²) < 4.78 is 20.0. The van der Waals surface area contributed by atoms with Gasteiger partial charge in [-0.2, -0.15) is 5.10 Å². The smallest absolute Gasteiger partial charge is 0.277 e. The van der Waals surface area contributed by atoms with E-state index in [0.29, 0.717) is 11.4 Å². The van der Waals surface area contributed by atoms with E-state index < -0.39 is 0 Å². The van der Waals surface area contributed by atoms with Gasteiger partial charge in [0.2, 0.25) is 11.8 Å². The summed E-state index contributed by atoms with van der Waals surface area (Å²) in [4.78, 5) is 12.0. The first-order valence-corrected chi connectivity index (χ1v) is 8.02. The van der Waals surface area contributed by atoms with Crippen molar-refractivity contribution in [3.8, 4) is 11.5 Å². The molecule has 2 heterocycles. The molecule has 3 aromatic rings. The fraction of sp³-hybridized carbons (Fsp3) is 0.200. The fourth-order valence-electron chi connectivity index (χ4n) is 2.01. The number of carbonyl (C=O) groups is 1. The van der Waals surface area contributed by atoms with Crippen molar-refractivity contribution in [2.24, 2.45) is 7.05 Å². The molecule has 1 N–H and O–H groups in total. The minimum Gasteiger partial charge on any atom is -0.411 e. The maximum absolute atomic E-state index is 12.9. The number of amides is 1. The molecule has 3 rings (SSSR count). The summed E-state index contributed by atoms with van der Waals surface area (Å²) in [5.74, 6) is 0.477. The molecular formula is C15H14FN5O2S. The Labute approximate surface area is 141 Å². The molecule has 9 heteroatoms. The van der Waals surface area contributed by atoms with Crippen molar-refractivity contribution >= 4 is 23.5 Å². The molecule has 1 aromatic carbocycles. The highest BCUT2D eigenvalue weighted by atomic mass is 32.2. The predicted molar refractivity (Wildman–Crippen MR) is 87.0 cm³/mol. The Kier molecular flexibility index (Phi) is 4.61. The molecule has 1 amide bonds. The van der Waals surface area contributed by atoms with Gasteiger partial charge in [0, 0.05) is 18.7 Å². The quantitative estimate of drug-likeness (QED) is 0.714.